The highest BCUT2D eigenvalue weighted by Crippen LogP contribution is 2.33. The van der Waals surface area contributed by atoms with Crippen LogP contribution in [0.5, 0.6) is 0 Å². The van der Waals surface area contributed by atoms with Crippen molar-refractivity contribution in [2.75, 3.05) is 13.1 Å². The van der Waals surface area contributed by atoms with Crippen LogP contribution in [0.25, 0.3) is 0 Å². The number of rotatable bonds is 7. The lowest BCUT2D eigenvalue weighted by molar-refractivity contribution is -0.144. The molecule has 2 aromatic rings. The smallest absolute Gasteiger partial charge is 0.252 e. The highest BCUT2D eigenvalue weighted by atomic mass is 35.5. The predicted octanol–water partition coefficient (Wildman–Crippen LogP) is 3.17. The number of likely N-dealkylation sites (tertiary alicyclic amines) is 1. The van der Waals surface area contributed by atoms with Gasteiger partial charge in [0, 0.05) is 23.0 Å². The Morgan fingerprint density at radius 3 is 2.93 bits per heavy atom. The molecule has 7 heteroatoms. The third kappa shape index (κ3) is 5.31. The quantitative estimate of drug-likeness (QED) is 0.742. The van der Waals surface area contributed by atoms with Crippen LogP contribution in [0, 0.1) is 0 Å². The van der Waals surface area contributed by atoms with Crippen molar-refractivity contribution in [1.29, 1.82) is 0 Å². The lowest BCUT2D eigenvalue weighted by Crippen LogP contribution is -2.41. The Morgan fingerprint density at radius 2 is 2.19 bits per heavy atom. The predicted molar refractivity (Wildman–Crippen MR) is 107 cm³/mol. The van der Waals surface area contributed by atoms with Gasteiger partial charge in [-0.2, -0.15) is 0 Å². The Kier molecular flexibility index (Phi) is 6.88. The zero-order chi connectivity index (χ0) is 19.2. The summed E-state index contributed by atoms with van der Waals surface area (Å²) < 4.78 is 0. The van der Waals surface area contributed by atoms with Gasteiger partial charge in [0.25, 0.3) is 5.91 Å². The van der Waals surface area contributed by atoms with E-state index in [0.717, 1.165) is 24.8 Å². The molecule has 1 aromatic heterocycles. The fourth-order valence-corrected chi connectivity index (χ4v) is 4.31. The number of nitrogens with one attached hydrogen (secondary N) is 1. The van der Waals surface area contributed by atoms with Gasteiger partial charge in [-0.25, -0.2) is 0 Å². The van der Waals surface area contributed by atoms with Gasteiger partial charge in [0.15, 0.2) is 0 Å². The summed E-state index contributed by atoms with van der Waals surface area (Å²) in [6.45, 7) is 1.07. The first-order valence-electron chi connectivity index (χ1n) is 9.07. The van der Waals surface area contributed by atoms with Crippen LogP contribution in [0.1, 0.15) is 35.7 Å². The third-order valence-corrected chi connectivity index (χ3v) is 5.88. The topological polar surface area (TPSA) is 69.6 Å². The van der Waals surface area contributed by atoms with E-state index in [1.165, 1.54) is 4.88 Å². The highest BCUT2D eigenvalue weighted by Gasteiger charge is 2.34. The number of benzene rings is 1. The van der Waals surface area contributed by atoms with E-state index >= 15 is 0 Å². The van der Waals surface area contributed by atoms with E-state index in [2.05, 4.69) is 5.32 Å². The molecule has 1 aliphatic rings. The summed E-state index contributed by atoms with van der Waals surface area (Å²) in [4.78, 5) is 27.6. The number of amides is 2. The Morgan fingerprint density at radius 1 is 1.33 bits per heavy atom. The fourth-order valence-electron chi connectivity index (χ4n) is 3.40. The van der Waals surface area contributed by atoms with Gasteiger partial charge >= 0.3 is 0 Å². The minimum atomic E-state index is -1.33. The molecule has 144 valence electrons. The molecule has 1 fully saturated rings. The van der Waals surface area contributed by atoms with Crippen LogP contribution in [0.3, 0.4) is 0 Å². The fraction of sp³-hybridized carbons (Fsp3) is 0.400. The maximum Gasteiger partial charge on any atom is 0.252 e. The summed E-state index contributed by atoms with van der Waals surface area (Å²) in [6.07, 6.45) is 0.888. The maximum absolute atomic E-state index is 12.7. The van der Waals surface area contributed by atoms with Crippen molar-refractivity contribution >= 4 is 34.8 Å². The summed E-state index contributed by atoms with van der Waals surface area (Å²) in [5.41, 5.74) is 0.959. The van der Waals surface area contributed by atoms with Gasteiger partial charge in [-0.1, -0.05) is 29.8 Å². The Bertz CT molecular complexity index is 781. The molecule has 1 saturated heterocycles. The van der Waals surface area contributed by atoms with E-state index in [1.807, 2.05) is 35.7 Å². The van der Waals surface area contributed by atoms with Crippen LogP contribution in [0.4, 0.5) is 0 Å². The number of carbonyl (C=O) groups is 2. The SMILES string of the molecule is O=C(C[C@@H](O)C(=O)N1CCCC1c1cccc(Cl)c1)NCCc1cccs1. The molecule has 0 radical (unpaired) electrons. The molecule has 0 aliphatic carbocycles. The summed E-state index contributed by atoms with van der Waals surface area (Å²) in [5.74, 6) is -0.711. The molecular weight excluding hydrogens is 384 g/mol. The van der Waals surface area contributed by atoms with Crippen LogP contribution in [0.2, 0.25) is 5.02 Å². The lowest BCUT2D eigenvalue weighted by Gasteiger charge is -2.27. The number of aliphatic hydroxyl groups excluding tert-OH is 1. The molecular formula is C20H23ClN2O3S. The number of thiophene rings is 1. The molecule has 3 rings (SSSR count). The summed E-state index contributed by atoms with van der Waals surface area (Å²) in [7, 11) is 0. The molecule has 0 spiro atoms. The largest absolute Gasteiger partial charge is 0.383 e. The average Bonchev–Trinajstić information content (AvgIpc) is 3.32. The van der Waals surface area contributed by atoms with Crippen molar-refractivity contribution in [1.82, 2.24) is 10.2 Å². The molecule has 2 amide bonds. The molecule has 5 nitrogen and oxygen atoms in total. The Labute approximate surface area is 168 Å². The zero-order valence-electron chi connectivity index (χ0n) is 14.9. The first-order chi connectivity index (χ1) is 13.0. The Balaban J connectivity index is 1.52. The van der Waals surface area contributed by atoms with Gasteiger partial charge in [0.2, 0.25) is 5.91 Å². The Hall–Kier alpha value is -1.89. The minimum absolute atomic E-state index is 0.104. The van der Waals surface area contributed by atoms with Gasteiger partial charge in [-0.15, -0.1) is 11.3 Å². The number of hydrogen-bond donors (Lipinski definition) is 2. The average molecular weight is 407 g/mol. The van der Waals surface area contributed by atoms with Crippen molar-refractivity contribution < 1.29 is 14.7 Å². The molecule has 27 heavy (non-hydrogen) atoms. The van der Waals surface area contributed by atoms with Gasteiger partial charge in [-0.05, 0) is 48.4 Å². The lowest BCUT2D eigenvalue weighted by atomic mass is 10.0. The monoisotopic (exact) mass is 406 g/mol. The van der Waals surface area contributed by atoms with Gasteiger partial charge < -0.3 is 15.3 Å². The van der Waals surface area contributed by atoms with E-state index in [4.69, 9.17) is 11.6 Å². The normalized spacial score (nSPS) is 17.7. The van der Waals surface area contributed by atoms with Crippen molar-refractivity contribution in [2.24, 2.45) is 0 Å². The molecule has 2 heterocycles. The minimum Gasteiger partial charge on any atom is -0.383 e. The molecule has 1 aliphatic heterocycles. The molecule has 1 aromatic carbocycles. The van der Waals surface area contributed by atoms with E-state index in [0.29, 0.717) is 18.1 Å². The third-order valence-electron chi connectivity index (χ3n) is 4.71. The first-order valence-corrected chi connectivity index (χ1v) is 10.3. The van der Waals surface area contributed by atoms with Crippen LogP contribution < -0.4 is 5.32 Å². The van der Waals surface area contributed by atoms with E-state index in [9.17, 15) is 14.7 Å². The van der Waals surface area contributed by atoms with Crippen molar-refractivity contribution in [3.8, 4) is 0 Å². The molecule has 1 unspecified atom stereocenters. The molecule has 0 bridgehead atoms. The van der Waals surface area contributed by atoms with E-state index in [-0.39, 0.29) is 18.4 Å². The molecule has 0 saturated carbocycles. The highest BCUT2D eigenvalue weighted by molar-refractivity contribution is 7.09. The van der Waals surface area contributed by atoms with Crippen LogP contribution in [-0.4, -0.2) is 41.0 Å². The summed E-state index contributed by atoms with van der Waals surface area (Å²) >= 11 is 7.70. The van der Waals surface area contributed by atoms with E-state index < -0.39 is 12.0 Å². The number of halogens is 1. The second-order valence-corrected chi connectivity index (χ2v) is 8.11. The maximum atomic E-state index is 12.7. The summed E-state index contributed by atoms with van der Waals surface area (Å²) in [6, 6.07) is 11.3. The molecule has 2 atom stereocenters. The second-order valence-electron chi connectivity index (χ2n) is 6.64. The first kappa shape index (κ1) is 19.9. The van der Waals surface area contributed by atoms with Crippen molar-refractivity contribution in [3.63, 3.8) is 0 Å². The van der Waals surface area contributed by atoms with Gasteiger partial charge in [0.05, 0.1) is 12.5 Å². The number of nitrogens with zero attached hydrogens (tertiary/aromatic N) is 1. The van der Waals surface area contributed by atoms with Crippen molar-refractivity contribution in [2.45, 2.75) is 37.8 Å². The molecule has 2 N–H and O–H groups in total. The van der Waals surface area contributed by atoms with Crippen molar-refractivity contribution in [3.05, 3.63) is 57.2 Å². The second kappa shape index (κ2) is 9.35. The number of hydrogen-bond acceptors (Lipinski definition) is 4. The van der Waals surface area contributed by atoms with Crippen LogP contribution >= 0.6 is 22.9 Å². The number of aliphatic hydroxyl groups is 1. The van der Waals surface area contributed by atoms with Gasteiger partial charge in [0.1, 0.15) is 6.10 Å². The van der Waals surface area contributed by atoms with Gasteiger partial charge in [-0.3, -0.25) is 9.59 Å². The van der Waals surface area contributed by atoms with E-state index in [1.54, 1.807) is 22.3 Å². The zero-order valence-corrected chi connectivity index (χ0v) is 16.5. The summed E-state index contributed by atoms with van der Waals surface area (Å²) in [5, 5.41) is 15.7. The standard InChI is InChI=1S/C20H23ClN2O3S/c21-15-5-1-4-14(12-15)17-7-2-10-23(17)20(26)18(24)13-19(25)22-9-8-16-6-3-11-27-16/h1,3-6,11-12,17-18,24H,2,7-10,13H2,(H,22,25)/t17?,18-/m1/s1. The van der Waals surface area contributed by atoms with Crippen LogP contribution in [-0.2, 0) is 16.0 Å². The number of carbonyl (C=O) groups excluding carboxylic acids is 2. The van der Waals surface area contributed by atoms with Crippen LogP contribution in [0.15, 0.2) is 41.8 Å².